The molecule has 0 bridgehead atoms. The van der Waals surface area contributed by atoms with E-state index in [0.29, 0.717) is 26.1 Å². The summed E-state index contributed by atoms with van der Waals surface area (Å²) >= 11 is 0. The number of methoxy groups -OCH3 is 1. The van der Waals surface area contributed by atoms with Gasteiger partial charge in [-0.25, -0.2) is 0 Å². The molecule has 3 rings (SSSR count). The standard InChI is InChI=1S/C18H23N3O3/c1-23-12-10-21-17-9-11-24-13-15(17)16(20-21)7-8-18(22)19-14-5-3-2-4-6-14/h2-6H,7-13H2,1H3,(H,19,22). The molecule has 24 heavy (non-hydrogen) atoms. The number of para-hydroxylation sites is 1. The number of amides is 1. The van der Waals surface area contributed by atoms with Crippen molar-refractivity contribution in [2.75, 3.05) is 25.6 Å². The van der Waals surface area contributed by atoms with E-state index >= 15 is 0 Å². The van der Waals surface area contributed by atoms with E-state index in [9.17, 15) is 4.79 Å². The zero-order valence-electron chi connectivity index (χ0n) is 14.0. The van der Waals surface area contributed by atoms with Gasteiger partial charge < -0.3 is 14.8 Å². The number of nitrogens with one attached hydrogen (secondary N) is 1. The lowest BCUT2D eigenvalue weighted by Crippen LogP contribution is -2.16. The fraction of sp³-hybridized carbons (Fsp3) is 0.444. The van der Waals surface area contributed by atoms with Gasteiger partial charge in [-0.15, -0.1) is 0 Å². The predicted molar refractivity (Wildman–Crippen MR) is 90.9 cm³/mol. The van der Waals surface area contributed by atoms with Crippen LogP contribution in [0.1, 0.15) is 23.4 Å². The monoisotopic (exact) mass is 329 g/mol. The zero-order chi connectivity index (χ0) is 16.8. The summed E-state index contributed by atoms with van der Waals surface area (Å²) in [5.41, 5.74) is 4.14. The van der Waals surface area contributed by atoms with Crippen LogP contribution < -0.4 is 5.32 Å². The van der Waals surface area contributed by atoms with Gasteiger partial charge >= 0.3 is 0 Å². The quantitative estimate of drug-likeness (QED) is 0.845. The molecule has 0 fully saturated rings. The van der Waals surface area contributed by atoms with Crippen molar-refractivity contribution < 1.29 is 14.3 Å². The van der Waals surface area contributed by atoms with Gasteiger partial charge in [-0.05, 0) is 12.1 Å². The third-order valence-electron chi connectivity index (χ3n) is 4.13. The zero-order valence-corrected chi connectivity index (χ0v) is 14.0. The SMILES string of the molecule is COCCn1nc(CCC(=O)Nc2ccccc2)c2c1CCOC2. The van der Waals surface area contributed by atoms with Crippen molar-refractivity contribution in [2.24, 2.45) is 0 Å². The Balaban J connectivity index is 1.64. The van der Waals surface area contributed by atoms with Crippen LogP contribution in [0.25, 0.3) is 0 Å². The largest absolute Gasteiger partial charge is 0.383 e. The van der Waals surface area contributed by atoms with Crippen molar-refractivity contribution in [2.45, 2.75) is 32.4 Å². The minimum atomic E-state index is -0.00174. The van der Waals surface area contributed by atoms with E-state index in [1.807, 2.05) is 35.0 Å². The lowest BCUT2D eigenvalue weighted by molar-refractivity contribution is -0.116. The van der Waals surface area contributed by atoms with E-state index < -0.39 is 0 Å². The Hall–Kier alpha value is -2.18. The molecule has 1 amide bonds. The molecule has 2 aromatic rings. The van der Waals surface area contributed by atoms with Crippen LogP contribution >= 0.6 is 0 Å². The number of fused-ring (bicyclic) bond motifs is 1. The number of aryl methyl sites for hydroxylation is 1. The fourth-order valence-electron chi connectivity index (χ4n) is 2.92. The lowest BCUT2D eigenvalue weighted by Gasteiger charge is -2.15. The van der Waals surface area contributed by atoms with Gasteiger partial charge in [0.25, 0.3) is 0 Å². The molecule has 0 saturated carbocycles. The van der Waals surface area contributed by atoms with Crippen LogP contribution in [0, 0.1) is 0 Å². The van der Waals surface area contributed by atoms with Crippen LogP contribution in [-0.4, -0.2) is 36.0 Å². The van der Waals surface area contributed by atoms with E-state index in [2.05, 4.69) is 10.4 Å². The van der Waals surface area contributed by atoms with E-state index in [1.54, 1.807) is 7.11 Å². The average molecular weight is 329 g/mol. The predicted octanol–water partition coefficient (Wildman–Crippen LogP) is 2.17. The summed E-state index contributed by atoms with van der Waals surface area (Å²) in [6.07, 6.45) is 1.88. The molecule has 1 aliphatic heterocycles. The number of hydrogen-bond acceptors (Lipinski definition) is 4. The lowest BCUT2D eigenvalue weighted by atomic mass is 10.1. The van der Waals surface area contributed by atoms with E-state index in [4.69, 9.17) is 9.47 Å². The molecular formula is C18H23N3O3. The Morgan fingerprint density at radius 1 is 1.38 bits per heavy atom. The third kappa shape index (κ3) is 4.01. The van der Waals surface area contributed by atoms with Crippen LogP contribution in [0.15, 0.2) is 30.3 Å². The second-order valence-corrected chi connectivity index (χ2v) is 5.80. The Labute approximate surface area is 141 Å². The molecule has 1 aliphatic rings. The normalized spacial score (nSPS) is 13.5. The summed E-state index contributed by atoms with van der Waals surface area (Å²) in [5.74, 6) is -0.00174. The number of carbonyl (C=O) groups excluding carboxylic acids is 1. The highest BCUT2D eigenvalue weighted by atomic mass is 16.5. The Bertz CT molecular complexity index is 682. The molecule has 1 aromatic carbocycles. The van der Waals surface area contributed by atoms with E-state index in [-0.39, 0.29) is 5.91 Å². The summed E-state index contributed by atoms with van der Waals surface area (Å²) in [5, 5.41) is 7.59. The molecule has 6 nitrogen and oxygen atoms in total. The van der Waals surface area contributed by atoms with Crippen LogP contribution in [0.4, 0.5) is 5.69 Å². The number of ether oxygens (including phenoxy) is 2. The summed E-state index contributed by atoms with van der Waals surface area (Å²) in [7, 11) is 1.69. The number of aromatic nitrogens is 2. The van der Waals surface area contributed by atoms with E-state index in [0.717, 1.165) is 36.5 Å². The van der Waals surface area contributed by atoms with Crippen molar-refractivity contribution in [3.8, 4) is 0 Å². The first-order valence-electron chi connectivity index (χ1n) is 8.27. The van der Waals surface area contributed by atoms with Gasteiger partial charge in [0.1, 0.15) is 0 Å². The molecule has 0 saturated heterocycles. The highest BCUT2D eigenvalue weighted by molar-refractivity contribution is 5.90. The van der Waals surface area contributed by atoms with Crippen molar-refractivity contribution >= 4 is 11.6 Å². The molecule has 128 valence electrons. The highest BCUT2D eigenvalue weighted by Crippen LogP contribution is 2.22. The number of anilines is 1. The first kappa shape index (κ1) is 16.7. The second kappa shape index (κ2) is 8.08. The number of carbonyl (C=O) groups is 1. The average Bonchev–Trinajstić information content (AvgIpc) is 2.97. The number of hydrogen-bond donors (Lipinski definition) is 1. The molecule has 0 unspecified atom stereocenters. The number of nitrogens with zero attached hydrogens (tertiary/aromatic N) is 2. The van der Waals surface area contributed by atoms with E-state index in [1.165, 1.54) is 5.69 Å². The molecule has 1 aromatic heterocycles. The first-order valence-corrected chi connectivity index (χ1v) is 8.27. The second-order valence-electron chi connectivity index (χ2n) is 5.80. The third-order valence-corrected chi connectivity index (χ3v) is 4.13. The summed E-state index contributed by atoms with van der Waals surface area (Å²) in [6, 6.07) is 9.50. The first-order chi connectivity index (χ1) is 11.8. The van der Waals surface area contributed by atoms with Gasteiger partial charge in [-0.3, -0.25) is 9.48 Å². The minimum Gasteiger partial charge on any atom is -0.383 e. The molecule has 1 N–H and O–H groups in total. The van der Waals surface area contributed by atoms with Crippen LogP contribution in [0.5, 0.6) is 0 Å². The maximum absolute atomic E-state index is 12.1. The van der Waals surface area contributed by atoms with Crippen LogP contribution in [0.3, 0.4) is 0 Å². The molecule has 0 aliphatic carbocycles. The van der Waals surface area contributed by atoms with Crippen molar-refractivity contribution in [1.29, 1.82) is 0 Å². The molecule has 0 spiro atoms. The smallest absolute Gasteiger partial charge is 0.224 e. The van der Waals surface area contributed by atoms with Gasteiger partial charge in [0.15, 0.2) is 0 Å². The van der Waals surface area contributed by atoms with Gasteiger partial charge in [-0.2, -0.15) is 5.10 Å². The fourth-order valence-corrected chi connectivity index (χ4v) is 2.92. The van der Waals surface area contributed by atoms with Crippen LogP contribution in [0.2, 0.25) is 0 Å². The number of benzene rings is 1. The van der Waals surface area contributed by atoms with Crippen molar-refractivity contribution in [3.63, 3.8) is 0 Å². The maximum atomic E-state index is 12.1. The minimum absolute atomic E-state index is 0.00174. The van der Waals surface area contributed by atoms with Crippen molar-refractivity contribution in [1.82, 2.24) is 9.78 Å². The molecular weight excluding hydrogens is 306 g/mol. The van der Waals surface area contributed by atoms with Gasteiger partial charge in [-0.1, -0.05) is 18.2 Å². The maximum Gasteiger partial charge on any atom is 0.224 e. The van der Waals surface area contributed by atoms with Gasteiger partial charge in [0, 0.05) is 43.3 Å². The summed E-state index contributed by atoms with van der Waals surface area (Å²) in [6.45, 7) is 2.66. The topological polar surface area (TPSA) is 65.4 Å². The van der Waals surface area contributed by atoms with Crippen LogP contribution in [-0.2, 0) is 40.3 Å². The number of rotatable bonds is 7. The Morgan fingerprint density at radius 2 is 2.21 bits per heavy atom. The Morgan fingerprint density at radius 3 is 3.00 bits per heavy atom. The molecule has 2 heterocycles. The highest BCUT2D eigenvalue weighted by Gasteiger charge is 2.21. The van der Waals surface area contributed by atoms with Gasteiger partial charge in [0.2, 0.25) is 5.91 Å². The summed E-state index contributed by atoms with van der Waals surface area (Å²) < 4.78 is 12.7. The van der Waals surface area contributed by atoms with Gasteiger partial charge in [0.05, 0.1) is 32.1 Å². The Kier molecular flexibility index (Phi) is 5.61. The molecule has 6 heteroatoms. The van der Waals surface area contributed by atoms with Crippen molar-refractivity contribution in [3.05, 3.63) is 47.3 Å². The molecule has 0 atom stereocenters. The molecule has 0 radical (unpaired) electrons. The summed E-state index contributed by atoms with van der Waals surface area (Å²) in [4.78, 5) is 12.1.